The Kier molecular flexibility index (Phi) is 4.41. The molecule has 28 heavy (non-hydrogen) atoms. The Bertz CT molecular complexity index is 1210. The molecule has 4 aromatic rings. The van der Waals surface area contributed by atoms with Gasteiger partial charge in [0.05, 0.1) is 17.7 Å². The van der Waals surface area contributed by atoms with Crippen molar-refractivity contribution in [3.05, 3.63) is 76.6 Å². The van der Waals surface area contributed by atoms with Crippen LogP contribution >= 0.6 is 0 Å². The molecule has 7 heteroatoms. The van der Waals surface area contributed by atoms with E-state index < -0.39 is 11.5 Å². The zero-order valence-electron chi connectivity index (χ0n) is 15.2. The number of nitrogen functional groups attached to an aromatic ring is 1. The molecule has 0 spiro atoms. The van der Waals surface area contributed by atoms with Gasteiger partial charge in [0.2, 0.25) is 0 Å². The second-order valence-corrected chi connectivity index (χ2v) is 6.15. The first-order valence-electron chi connectivity index (χ1n) is 8.84. The molecule has 0 aliphatic rings. The Hall–Kier alpha value is -3.87. The second kappa shape index (κ2) is 7.03. The molecule has 0 unspecified atom stereocenters. The highest BCUT2D eigenvalue weighted by Gasteiger charge is 2.25. The van der Waals surface area contributed by atoms with Gasteiger partial charge >= 0.3 is 5.97 Å². The van der Waals surface area contributed by atoms with Crippen LogP contribution in [-0.2, 0) is 4.74 Å². The lowest BCUT2D eigenvalue weighted by Crippen LogP contribution is -2.21. The number of H-pyrrole nitrogens is 1. The molecule has 0 radical (unpaired) electrons. The van der Waals surface area contributed by atoms with Crippen LogP contribution < -0.4 is 11.3 Å². The normalized spacial score (nSPS) is 10.9. The summed E-state index contributed by atoms with van der Waals surface area (Å²) < 4.78 is 6.67. The number of nitrogens with one attached hydrogen (secondary N) is 1. The molecule has 3 N–H and O–H groups in total. The molecule has 0 fully saturated rings. The number of rotatable bonds is 4. The number of ether oxygens (including phenoxy) is 1. The van der Waals surface area contributed by atoms with Crippen LogP contribution in [0.3, 0.4) is 0 Å². The molecule has 0 aliphatic heterocycles. The molecule has 7 nitrogen and oxygen atoms in total. The fourth-order valence-electron chi connectivity index (χ4n) is 3.23. The number of aromatic amines is 1. The number of aromatic nitrogens is 3. The first-order chi connectivity index (χ1) is 13.6. The van der Waals surface area contributed by atoms with Gasteiger partial charge in [0, 0.05) is 5.56 Å². The number of carbonyl (C=O) groups excluding carboxylic acids is 1. The number of nitrogens with zero attached hydrogens (tertiary/aromatic N) is 2. The summed E-state index contributed by atoms with van der Waals surface area (Å²) in [4.78, 5) is 28.0. The predicted octanol–water partition coefficient (Wildman–Crippen LogP) is 3.14. The van der Waals surface area contributed by atoms with E-state index >= 15 is 0 Å². The van der Waals surface area contributed by atoms with Crippen LogP contribution in [0.1, 0.15) is 17.3 Å². The molecule has 140 valence electrons. The van der Waals surface area contributed by atoms with Crippen molar-refractivity contribution in [2.45, 2.75) is 6.92 Å². The van der Waals surface area contributed by atoms with Crippen LogP contribution in [0.5, 0.6) is 0 Å². The van der Waals surface area contributed by atoms with Crippen LogP contribution in [0.4, 0.5) is 5.82 Å². The molecular formula is C21H18N4O3. The predicted molar refractivity (Wildman–Crippen MR) is 107 cm³/mol. The fraction of sp³-hybridized carbons (Fsp3) is 0.0952. The van der Waals surface area contributed by atoms with E-state index in [1.165, 1.54) is 0 Å². The van der Waals surface area contributed by atoms with Gasteiger partial charge in [-0.05, 0) is 24.6 Å². The number of nitrogens with two attached hydrogens (primary N) is 1. The quantitative estimate of drug-likeness (QED) is 0.534. The van der Waals surface area contributed by atoms with Crippen LogP contribution in [0, 0.1) is 0 Å². The van der Waals surface area contributed by atoms with Gasteiger partial charge in [-0.25, -0.2) is 9.48 Å². The van der Waals surface area contributed by atoms with Gasteiger partial charge < -0.3 is 15.5 Å². The minimum Gasteiger partial charge on any atom is -0.462 e. The van der Waals surface area contributed by atoms with E-state index in [4.69, 9.17) is 10.5 Å². The number of anilines is 1. The Balaban J connectivity index is 2.11. The lowest BCUT2D eigenvalue weighted by atomic mass is 9.98. The monoisotopic (exact) mass is 374 g/mol. The lowest BCUT2D eigenvalue weighted by Gasteiger charge is -2.10. The molecular weight excluding hydrogens is 356 g/mol. The Morgan fingerprint density at radius 2 is 1.75 bits per heavy atom. The third-order valence-corrected chi connectivity index (χ3v) is 4.42. The van der Waals surface area contributed by atoms with Gasteiger partial charge in [-0.2, -0.15) is 0 Å². The van der Waals surface area contributed by atoms with Crippen molar-refractivity contribution < 1.29 is 9.53 Å². The Labute approximate surface area is 160 Å². The highest BCUT2D eigenvalue weighted by Crippen LogP contribution is 2.34. The highest BCUT2D eigenvalue weighted by atomic mass is 16.5. The van der Waals surface area contributed by atoms with Crippen molar-refractivity contribution in [1.29, 1.82) is 0 Å². The topological polar surface area (TPSA) is 103 Å². The van der Waals surface area contributed by atoms with Crippen LogP contribution in [0.15, 0.2) is 65.5 Å². The van der Waals surface area contributed by atoms with Gasteiger partial charge in [-0.15, -0.1) is 5.10 Å². The molecule has 0 saturated heterocycles. The molecule has 0 bridgehead atoms. The molecule has 2 heterocycles. The third-order valence-electron chi connectivity index (χ3n) is 4.42. The van der Waals surface area contributed by atoms with Gasteiger partial charge in [0.1, 0.15) is 11.4 Å². The summed E-state index contributed by atoms with van der Waals surface area (Å²) in [7, 11) is 0. The summed E-state index contributed by atoms with van der Waals surface area (Å²) in [5.74, 6) is -0.377. The van der Waals surface area contributed by atoms with E-state index in [1.807, 2.05) is 60.7 Å². The number of benzene rings is 2. The van der Waals surface area contributed by atoms with E-state index in [-0.39, 0.29) is 12.2 Å². The third kappa shape index (κ3) is 2.83. The van der Waals surface area contributed by atoms with E-state index in [0.717, 1.165) is 5.69 Å². The maximum atomic E-state index is 12.8. The van der Waals surface area contributed by atoms with Crippen molar-refractivity contribution in [3.63, 3.8) is 0 Å². The Morgan fingerprint density at radius 1 is 1.11 bits per heavy atom. The maximum absolute atomic E-state index is 12.8. The van der Waals surface area contributed by atoms with E-state index in [1.54, 1.807) is 11.6 Å². The molecule has 0 atom stereocenters. The number of fused-ring (bicyclic) bond motifs is 1. The summed E-state index contributed by atoms with van der Waals surface area (Å²) in [6.45, 7) is 1.85. The van der Waals surface area contributed by atoms with Crippen LogP contribution in [0.2, 0.25) is 0 Å². The average Bonchev–Trinajstić information content (AvgIpc) is 3.04. The minimum atomic E-state index is -0.698. The number of carbonyl (C=O) groups is 1. The number of hydrogen-bond acceptors (Lipinski definition) is 5. The Morgan fingerprint density at radius 3 is 2.39 bits per heavy atom. The zero-order valence-corrected chi connectivity index (χ0v) is 15.2. The van der Waals surface area contributed by atoms with Gasteiger partial charge in [-0.1, -0.05) is 48.5 Å². The number of para-hydroxylation sites is 1. The fourth-order valence-corrected chi connectivity index (χ4v) is 3.23. The molecule has 4 rings (SSSR count). The molecule has 2 aromatic heterocycles. The first-order valence-corrected chi connectivity index (χ1v) is 8.84. The van der Waals surface area contributed by atoms with Crippen molar-refractivity contribution >= 4 is 22.8 Å². The van der Waals surface area contributed by atoms with E-state index in [0.29, 0.717) is 28.0 Å². The van der Waals surface area contributed by atoms with Crippen molar-refractivity contribution in [2.24, 2.45) is 0 Å². The maximum Gasteiger partial charge on any atom is 0.344 e. The van der Waals surface area contributed by atoms with Crippen LogP contribution in [-0.4, -0.2) is 27.3 Å². The standard InChI is InChI=1S/C21H18N4O3/c1-2-28-21(27)17-15(13-9-5-3-6-10-13)16-18(22)25(14-11-7-4-8-12-14)24-19(16)23-20(17)26/h3-12H,2,22H2,1H3,(H,23,24,26). The second-order valence-electron chi connectivity index (χ2n) is 6.15. The molecule has 0 aliphatic carbocycles. The molecule has 0 saturated carbocycles. The first kappa shape index (κ1) is 17.5. The van der Waals surface area contributed by atoms with Crippen molar-refractivity contribution in [2.75, 3.05) is 12.3 Å². The molecule has 0 amide bonds. The van der Waals surface area contributed by atoms with Crippen molar-refractivity contribution in [3.8, 4) is 16.8 Å². The molecule has 2 aromatic carbocycles. The number of hydrogen-bond donors (Lipinski definition) is 2. The number of pyridine rings is 1. The smallest absolute Gasteiger partial charge is 0.344 e. The van der Waals surface area contributed by atoms with Crippen LogP contribution in [0.25, 0.3) is 27.8 Å². The summed E-state index contributed by atoms with van der Waals surface area (Å²) >= 11 is 0. The van der Waals surface area contributed by atoms with Crippen molar-refractivity contribution in [1.82, 2.24) is 14.8 Å². The van der Waals surface area contributed by atoms with Gasteiger partial charge in [0.15, 0.2) is 5.65 Å². The minimum absolute atomic E-state index is 0.0835. The van der Waals surface area contributed by atoms with E-state index in [2.05, 4.69) is 10.1 Å². The van der Waals surface area contributed by atoms with E-state index in [9.17, 15) is 9.59 Å². The summed E-state index contributed by atoms with van der Waals surface area (Å²) in [6, 6.07) is 18.5. The number of esters is 1. The summed E-state index contributed by atoms with van der Waals surface area (Å²) in [5, 5.41) is 4.96. The largest absolute Gasteiger partial charge is 0.462 e. The van der Waals surface area contributed by atoms with Gasteiger partial charge in [-0.3, -0.25) is 4.79 Å². The lowest BCUT2D eigenvalue weighted by molar-refractivity contribution is 0.0525. The SMILES string of the molecule is CCOC(=O)c1c(-c2ccccc2)c2c(N)n(-c3ccccc3)nc2[nH]c1=O. The summed E-state index contributed by atoms with van der Waals surface area (Å²) in [6.07, 6.45) is 0. The average molecular weight is 374 g/mol. The zero-order chi connectivity index (χ0) is 19.7. The summed E-state index contributed by atoms with van der Waals surface area (Å²) in [5.41, 5.74) is 7.92. The van der Waals surface area contributed by atoms with Gasteiger partial charge in [0.25, 0.3) is 5.56 Å². The highest BCUT2D eigenvalue weighted by molar-refractivity contribution is 6.09.